The number of ether oxygens (including phenoxy) is 4. The van der Waals surface area contributed by atoms with Crippen LogP contribution < -0.4 is 30.6 Å². The summed E-state index contributed by atoms with van der Waals surface area (Å²) >= 11 is 0. The van der Waals surface area contributed by atoms with Crippen molar-refractivity contribution >= 4 is 40.1 Å². The zero-order chi connectivity index (χ0) is 34.4. The molecule has 13 nitrogen and oxygen atoms in total. The molecule has 5 rings (SSSR count). The summed E-state index contributed by atoms with van der Waals surface area (Å²) in [7, 11) is 1.35. The molecule has 4 aromatic rings. The number of nitrogens with one attached hydrogen (secondary N) is 2. The number of carbonyl (C=O) groups is 3. The van der Waals surface area contributed by atoms with E-state index in [0.717, 1.165) is 6.07 Å². The van der Waals surface area contributed by atoms with Crippen LogP contribution in [0.15, 0.2) is 66.9 Å². The van der Waals surface area contributed by atoms with E-state index >= 15 is 4.39 Å². The number of anilines is 2. The minimum Gasteiger partial charge on any atom is -0.493 e. The molecule has 0 saturated heterocycles. The Kier molecular flexibility index (Phi) is 10.3. The first-order chi connectivity index (χ1) is 23.1. The molecule has 15 heteroatoms. The van der Waals surface area contributed by atoms with E-state index in [1.807, 2.05) is 0 Å². The number of halogens is 2. The smallest absolute Gasteiger partial charge is 0.362 e. The van der Waals surface area contributed by atoms with Gasteiger partial charge in [-0.1, -0.05) is 0 Å². The Balaban J connectivity index is 1.27. The Labute approximate surface area is 272 Å². The summed E-state index contributed by atoms with van der Waals surface area (Å²) in [6.45, 7) is -1.04. The van der Waals surface area contributed by atoms with Crippen LogP contribution in [0.4, 0.5) is 20.2 Å². The van der Waals surface area contributed by atoms with Crippen molar-refractivity contribution in [2.45, 2.75) is 19.1 Å². The van der Waals surface area contributed by atoms with Gasteiger partial charge in [0.1, 0.15) is 17.0 Å². The molecule has 1 heterocycles. The summed E-state index contributed by atoms with van der Waals surface area (Å²) in [4.78, 5) is 42.4. The predicted octanol–water partition coefficient (Wildman–Crippen LogP) is 3.48. The Hall–Kier alpha value is -5.38. The second-order valence-electron chi connectivity index (χ2n) is 11.0. The Bertz CT molecular complexity index is 1820. The van der Waals surface area contributed by atoms with Gasteiger partial charge in [0, 0.05) is 41.0 Å². The first-order valence-corrected chi connectivity index (χ1v) is 14.7. The Morgan fingerprint density at radius 2 is 1.56 bits per heavy atom. The van der Waals surface area contributed by atoms with Crippen LogP contribution in [0, 0.1) is 23.0 Å². The first-order valence-electron chi connectivity index (χ1n) is 14.7. The molecule has 1 atom stereocenters. The van der Waals surface area contributed by atoms with Crippen LogP contribution in [0.1, 0.15) is 12.8 Å². The molecule has 1 fully saturated rings. The van der Waals surface area contributed by atoms with Crippen LogP contribution in [0.5, 0.6) is 23.0 Å². The van der Waals surface area contributed by atoms with E-state index < -0.39 is 47.0 Å². The van der Waals surface area contributed by atoms with Gasteiger partial charge >= 0.3 is 5.97 Å². The molecule has 0 bridgehead atoms. The van der Waals surface area contributed by atoms with Gasteiger partial charge in [0.25, 0.3) is 0 Å². The molecule has 1 saturated carbocycles. The average molecular weight is 667 g/mol. The first kappa shape index (κ1) is 34.0. The van der Waals surface area contributed by atoms with Gasteiger partial charge in [-0.25, -0.2) is 13.6 Å². The zero-order valence-electron chi connectivity index (χ0n) is 25.6. The highest BCUT2D eigenvalue weighted by Gasteiger charge is 2.56. The molecular weight excluding hydrogens is 634 g/mol. The third-order valence-corrected chi connectivity index (χ3v) is 7.58. The number of amides is 2. The van der Waals surface area contributed by atoms with Gasteiger partial charge in [0.15, 0.2) is 23.1 Å². The third-order valence-electron chi connectivity index (χ3n) is 7.58. The minimum absolute atomic E-state index is 0.0472. The molecule has 0 radical (unpaired) electrons. The van der Waals surface area contributed by atoms with Gasteiger partial charge in [-0.3, -0.25) is 20.3 Å². The SMILES string of the molecule is COc1cc2c(Oc3ccc(NC(=O)C4(C(=O)Nc5ccc(F)cc5)CC4)cc3F)ccnc2cc1OC(N)C(=O)OCC(CO)CO. The lowest BCUT2D eigenvalue weighted by Gasteiger charge is -2.18. The molecule has 1 unspecified atom stereocenters. The number of hydrogen-bond acceptors (Lipinski definition) is 11. The van der Waals surface area contributed by atoms with Crippen molar-refractivity contribution in [3.8, 4) is 23.0 Å². The van der Waals surface area contributed by atoms with Crippen molar-refractivity contribution in [1.82, 2.24) is 4.98 Å². The molecule has 0 spiro atoms. The van der Waals surface area contributed by atoms with Gasteiger partial charge in [-0.15, -0.1) is 0 Å². The molecule has 3 aromatic carbocycles. The monoisotopic (exact) mass is 666 g/mol. The molecule has 2 amide bonds. The van der Waals surface area contributed by atoms with Gasteiger partial charge in [0.05, 0.1) is 32.4 Å². The molecular formula is C33H32F2N4O9. The van der Waals surface area contributed by atoms with E-state index in [1.165, 1.54) is 67.9 Å². The fraction of sp³-hybridized carbons (Fsp3) is 0.273. The fourth-order valence-corrected chi connectivity index (χ4v) is 4.60. The highest BCUT2D eigenvalue weighted by atomic mass is 19.1. The van der Waals surface area contributed by atoms with Crippen LogP contribution >= 0.6 is 0 Å². The van der Waals surface area contributed by atoms with Crippen molar-refractivity contribution in [3.05, 3.63) is 78.5 Å². The average Bonchev–Trinajstić information content (AvgIpc) is 3.90. The van der Waals surface area contributed by atoms with E-state index in [0.29, 0.717) is 29.4 Å². The topological polar surface area (TPSA) is 192 Å². The van der Waals surface area contributed by atoms with Crippen molar-refractivity contribution in [3.63, 3.8) is 0 Å². The second kappa shape index (κ2) is 14.6. The van der Waals surface area contributed by atoms with Crippen molar-refractivity contribution < 1.29 is 52.3 Å². The predicted molar refractivity (Wildman–Crippen MR) is 167 cm³/mol. The second-order valence-corrected chi connectivity index (χ2v) is 11.0. The number of fused-ring (bicyclic) bond motifs is 1. The number of rotatable bonds is 14. The quantitative estimate of drug-likeness (QED) is 0.0752. The lowest BCUT2D eigenvalue weighted by atomic mass is 10.0. The summed E-state index contributed by atoms with van der Waals surface area (Å²) in [6, 6.07) is 13.4. The number of aromatic nitrogens is 1. The number of aliphatic hydroxyl groups is 2. The van der Waals surface area contributed by atoms with Crippen LogP contribution in [-0.4, -0.2) is 66.1 Å². The number of pyridine rings is 1. The van der Waals surface area contributed by atoms with E-state index in [-0.39, 0.29) is 48.5 Å². The van der Waals surface area contributed by atoms with E-state index in [4.69, 9.17) is 34.9 Å². The molecule has 1 aromatic heterocycles. The lowest BCUT2D eigenvalue weighted by Crippen LogP contribution is -2.39. The highest BCUT2D eigenvalue weighted by Crippen LogP contribution is 2.47. The van der Waals surface area contributed by atoms with Crippen LogP contribution in [0.25, 0.3) is 10.9 Å². The summed E-state index contributed by atoms with van der Waals surface area (Å²) in [5, 5.41) is 23.9. The number of nitrogens with two attached hydrogens (primary N) is 1. The van der Waals surface area contributed by atoms with E-state index in [9.17, 15) is 18.8 Å². The Morgan fingerprint density at radius 3 is 2.19 bits per heavy atom. The van der Waals surface area contributed by atoms with Crippen LogP contribution in [0.2, 0.25) is 0 Å². The number of benzene rings is 3. The van der Waals surface area contributed by atoms with Gasteiger partial charge in [-0.05, 0) is 61.4 Å². The number of hydrogen-bond donors (Lipinski definition) is 5. The highest BCUT2D eigenvalue weighted by molar-refractivity contribution is 6.16. The van der Waals surface area contributed by atoms with Crippen LogP contribution in [0.3, 0.4) is 0 Å². The molecule has 6 N–H and O–H groups in total. The van der Waals surface area contributed by atoms with Gasteiger partial charge < -0.3 is 39.8 Å². The van der Waals surface area contributed by atoms with Gasteiger partial charge in [0.2, 0.25) is 18.0 Å². The molecule has 48 heavy (non-hydrogen) atoms. The maximum atomic E-state index is 15.2. The van der Waals surface area contributed by atoms with E-state index in [2.05, 4.69) is 15.6 Å². The minimum atomic E-state index is -1.57. The number of carbonyl (C=O) groups excluding carboxylic acids is 3. The van der Waals surface area contributed by atoms with Crippen LogP contribution in [-0.2, 0) is 19.1 Å². The number of esters is 1. The van der Waals surface area contributed by atoms with Crippen molar-refractivity contribution in [1.29, 1.82) is 0 Å². The van der Waals surface area contributed by atoms with Crippen molar-refractivity contribution in [2.75, 3.05) is 37.6 Å². The summed E-state index contributed by atoms with van der Waals surface area (Å²) in [5.41, 5.74) is 5.27. The fourth-order valence-electron chi connectivity index (χ4n) is 4.60. The molecule has 252 valence electrons. The lowest BCUT2D eigenvalue weighted by molar-refractivity contribution is -0.154. The Morgan fingerprint density at radius 1 is 0.896 bits per heavy atom. The maximum absolute atomic E-state index is 15.2. The molecule has 1 aliphatic rings. The molecule has 1 aliphatic carbocycles. The number of nitrogens with zero attached hydrogens (tertiary/aromatic N) is 1. The number of methoxy groups -OCH3 is 1. The standard InChI is InChI=1S/C33H32F2N4O9/c1-45-27-13-22-24(14-28(27)48-29(36)30(42)46-17-18(15-40)16-41)37-11-8-25(22)47-26-7-6-21(12-23(26)35)39-32(44)33(9-10-33)31(43)38-20-4-2-19(34)3-5-20/h2-8,11-14,18,29,40-41H,9-10,15-17,36H2,1H3,(H,38,43)(H,39,44). The van der Waals surface area contributed by atoms with Gasteiger partial charge in [-0.2, -0.15) is 0 Å². The largest absolute Gasteiger partial charge is 0.493 e. The normalized spacial score (nSPS) is 13.8. The summed E-state index contributed by atoms with van der Waals surface area (Å²) < 4.78 is 50.2. The van der Waals surface area contributed by atoms with E-state index in [1.54, 1.807) is 0 Å². The summed E-state index contributed by atoms with van der Waals surface area (Å²) in [5.74, 6) is -3.82. The maximum Gasteiger partial charge on any atom is 0.362 e. The third kappa shape index (κ3) is 7.60. The molecule has 0 aliphatic heterocycles. The van der Waals surface area contributed by atoms with Crippen molar-refractivity contribution in [2.24, 2.45) is 17.1 Å². The zero-order valence-corrected chi connectivity index (χ0v) is 25.6. The number of aliphatic hydroxyl groups excluding tert-OH is 2. The summed E-state index contributed by atoms with van der Waals surface area (Å²) in [6.07, 6.45) is 0.435.